The molecule has 3 heteroatoms. The molecule has 0 aliphatic heterocycles. The minimum atomic E-state index is -0.346. The van der Waals surface area contributed by atoms with Gasteiger partial charge in [-0.25, -0.2) is 0 Å². The van der Waals surface area contributed by atoms with E-state index >= 15 is 0 Å². The maximum atomic E-state index is 8.98. The molecule has 3 nitrogen and oxygen atoms in total. The van der Waals surface area contributed by atoms with Crippen LogP contribution in [0.4, 0.5) is 5.69 Å². The fourth-order valence-electron chi connectivity index (χ4n) is 2.08. The molecule has 0 heterocycles. The van der Waals surface area contributed by atoms with Crippen molar-refractivity contribution in [2.45, 2.75) is 25.3 Å². The van der Waals surface area contributed by atoms with Crippen LogP contribution < -0.4 is 11.5 Å². The first kappa shape index (κ1) is 9.49. The van der Waals surface area contributed by atoms with Gasteiger partial charge in [0.25, 0.3) is 0 Å². The molecule has 14 heavy (non-hydrogen) atoms. The molecule has 1 atom stereocenters. The van der Waals surface area contributed by atoms with Crippen molar-refractivity contribution in [2.24, 2.45) is 5.73 Å². The standard InChI is InChI=1S/C11H16N2O/c12-10-5-8-3-1-2-7(8)4-9(10)11(13)6-14/h4-5,11,14H,1-3,6,12-13H2/t11-/m0/s1. The van der Waals surface area contributed by atoms with E-state index in [-0.39, 0.29) is 12.6 Å². The third-order valence-electron chi connectivity index (χ3n) is 2.89. The number of hydrogen-bond acceptors (Lipinski definition) is 3. The van der Waals surface area contributed by atoms with Crippen LogP contribution >= 0.6 is 0 Å². The zero-order valence-corrected chi connectivity index (χ0v) is 8.16. The molecule has 2 rings (SSSR count). The molecule has 1 aromatic rings. The van der Waals surface area contributed by atoms with Gasteiger partial charge in [0.1, 0.15) is 0 Å². The van der Waals surface area contributed by atoms with Crippen molar-refractivity contribution in [3.63, 3.8) is 0 Å². The van der Waals surface area contributed by atoms with Crippen molar-refractivity contribution in [1.29, 1.82) is 0 Å². The van der Waals surface area contributed by atoms with Crippen molar-refractivity contribution in [1.82, 2.24) is 0 Å². The fourth-order valence-corrected chi connectivity index (χ4v) is 2.08. The first-order valence-electron chi connectivity index (χ1n) is 5.00. The Labute approximate surface area is 83.7 Å². The number of aliphatic hydroxyl groups excluding tert-OH is 1. The van der Waals surface area contributed by atoms with Crippen LogP contribution in [0, 0.1) is 0 Å². The minimum Gasteiger partial charge on any atom is -0.398 e. The summed E-state index contributed by atoms with van der Waals surface area (Å²) in [6.07, 6.45) is 3.43. The van der Waals surface area contributed by atoms with E-state index in [9.17, 15) is 0 Å². The molecule has 1 aliphatic carbocycles. The van der Waals surface area contributed by atoms with E-state index in [2.05, 4.69) is 6.07 Å². The van der Waals surface area contributed by atoms with Gasteiger partial charge in [0, 0.05) is 5.69 Å². The average molecular weight is 192 g/mol. The number of aliphatic hydroxyl groups is 1. The Balaban J connectivity index is 2.42. The van der Waals surface area contributed by atoms with Gasteiger partial charge in [0.15, 0.2) is 0 Å². The normalized spacial score (nSPS) is 16.7. The molecule has 5 N–H and O–H groups in total. The second-order valence-electron chi connectivity index (χ2n) is 3.89. The number of nitrogen functional groups attached to an aromatic ring is 1. The van der Waals surface area contributed by atoms with E-state index in [0.717, 1.165) is 18.4 Å². The summed E-state index contributed by atoms with van der Waals surface area (Å²) in [5.74, 6) is 0. The van der Waals surface area contributed by atoms with Gasteiger partial charge in [-0.3, -0.25) is 0 Å². The first-order valence-corrected chi connectivity index (χ1v) is 5.00. The molecule has 0 saturated heterocycles. The number of rotatable bonds is 2. The largest absolute Gasteiger partial charge is 0.398 e. The zero-order valence-electron chi connectivity index (χ0n) is 8.16. The van der Waals surface area contributed by atoms with Gasteiger partial charge in [0.05, 0.1) is 12.6 Å². The molecule has 0 aromatic heterocycles. The van der Waals surface area contributed by atoms with Gasteiger partial charge in [-0.05, 0) is 42.0 Å². The fraction of sp³-hybridized carbons (Fsp3) is 0.455. The van der Waals surface area contributed by atoms with Crippen molar-refractivity contribution in [3.8, 4) is 0 Å². The predicted molar refractivity (Wildman–Crippen MR) is 56.9 cm³/mol. The SMILES string of the molecule is Nc1cc2c(cc1[C@@H](N)CO)CCC2. The van der Waals surface area contributed by atoms with Gasteiger partial charge < -0.3 is 16.6 Å². The molecule has 0 amide bonds. The highest BCUT2D eigenvalue weighted by Gasteiger charge is 2.16. The smallest absolute Gasteiger partial charge is 0.0625 e. The summed E-state index contributed by atoms with van der Waals surface area (Å²) in [4.78, 5) is 0. The number of fused-ring (bicyclic) bond motifs is 1. The summed E-state index contributed by atoms with van der Waals surface area (Å²) in [5, 5.41) is 8.98. The Morgan fingerprint density at radius 1 is 1.29 bits per heavy atom. The summed E-state index contributed by atoms with van der Waals surface area (Å²) in [6.45, 7) is -0.0526. The van der Waals surface area contributed by atoms with Crippen LogP contribution in [0.25, 0.3) is 0 Å². The van der Waals surface area contributed by atoms with Gasteiger partial charge in [-0.15, -0.1) is 0 Å². The molecule has 0 fully saturated rings. The third kappa shape index (κ3) is 1.49. The van der Waals surface area contributed by atoms with E-state index in [0.29, 0.717) is 5.69 Å². The Morgan fingerprint density at radius 3 is 2.57 bits per heavy atom. The zero-order chi connectivity index (χ0) is 10.1. The summed E-state index contributed by atoms with van der Waals surface area (Å²) < 4.78 is 0. The van der Waals surface area contributed by atoms with Crippen LogP contribution in [0.3, 0.4) is 0 Å². The highest BCUT2D eigenvalue weighted by molar-refractivity contribution is 5.54. The molecule has 0 saturated carbocycles. The quantitative estimate of drug-likeness (QED) is 0.605. The highest BCUT2D eigenvalue weighted by Crippen LogP contribution is 2.29. The van der Waals surface area contributed by atoms with Gasteiger partial charge in [-0.2, -0.15) is 0 Å². The van der Waals surface area contributed by atoms with Crippen LogP contribution in [-0.4, -0.2) is 11.7 Å². The maximum absolute atomic E-state index is 8.98. The van der Waals surface area contributed by atoms with E-state index in [4.69, 9.17) is 16.6 Å². The van der Waals surface area contributed by atoms with E-state index < -0.39 is 0 Å². The number of benzene rings is 1. The maximum Gasteiger partial charge on any atom is 0.0625 e. The second-order valence-corrected chi connectivity index (χ2v) is 3.89. The van der Waals surface area contributed by atoms with E-state index in [1.807, 2.05) is 6.07 Å². The van der Waals surface area contributed by atoms with Crippen LogP contribution in [0.2, 0.25) is 0 Å². The predicted octanol–water partition coefficient (Wildman–Crippen LogP) is 0.750. The van der Waals surface area contributed by atoms with E-state index in [1.165, 1.54) is 17.5 Å². The molecular formula is C11H16N2O. The van der Waals surface area contributed by atoms with Crippen LogP contribution in [-0.2, 0) is 12.8 Å². The summed E-state index contributed by atoms with van der Waals surface area (Å²) >= 11 is 0. The van der Waals surface area contributed by atoms with Crippen LogP contribution in [0.15, 0.2) is 12.1 Å². The Kier molecular flexibility index (Phi) is 2.44. The Hall–Kier alpha value is -1.06. The molecule has 76 valence electrons. The number of hydrogen-bond donors (Lipinski definition) is 3. The summed E-state index contributed by atoms with van der Waals surface area (Å²) in [5.41, 5.74) is 15.9. The first-order chi connectivity index (χ1) is 6.72. The Bertz CT molecular complexity index is 349. The summed E-state index contributed by atoms with van der Waals surface area (Å²) in [6, 6.07) is 3.71. The van der Waals surface area contributed by atoms with Crippen LogP contribution in [0.1, 0.15) is 29.2 Å². The third-order valence-corrected chi connectivity index (χ3v) is 2.89. The highest BCUT2D eigenvalue weighted by atomic mass is 16.3. The Morgan fingerprint density at radius 2 is 1.93 bits per heavy atom. The lowest BCUT2D eigenvalue weighted by atomic mass is 10.00. The minimum absolute atomic E-state index is 0.0526. The monoisotopic (exact) mass is 192 g/mol. The van der Waals surface area contributed by atoms with Crippen LogP contribution in [0.5, 0.6) is 0 Å². The topological polar surface area (TPSA) is 72.3 Å². The number of aryl methyl sites for hydroxylation is 2. The van der Waals surface area contributed by atoms with Gasteiger partial charge in [0.2, 0.25) is 0 Å². The molecule has 1 aliphatic rings. The molecular weight excluding hydrogens is 176 g/mol. The van der Waals surface area contributed by atoms with Crippen molar-refractivity contribution < 1.29 is 5.11 Å². The lowest BCUT2D eigenvalue weighted by Crippen LogP contribution is -2.16. The van der Waals surface area contributed by atoms with Crippen molar-refractivity contribution in [3.05, 3.63) is 28.8 Å². The molecule has 1 aromatic carbocycles. The molecule has 0 spiro atoms. The van der Waals surface area contributed by atoms with Gasteiger partial charge >= 0.3 is 0 Å². The van der Waals surface area contributed by atoms with Gasteiger partial charge in [-0.1, -0.05) is 6.07 Å². The van der Waals surface area contributed by atoms with E-state index in [1.54, 1.807) is 0 Å². The lowest BCUT2D eigenvalue weighted by Gasteiger charge is -2.13. The number of anilines is 1. The molecule has 0 bridgehead atoms. The number of nitrogens with two attached hydrogens (primary N) is 2. The van der Waals surface area contributed by atoms with Crippen molar-refractivity contribution >= 4 is 5.69 Å². The summed E-state index contributed by atoms with van der Waals surface area (Å²) in [7, 11) is 0. The van der Waals surface area contributed by atoms with Crippen molar-refractivity contribution in [2.75, 3.05) is 12.3 Å². The molecule has 0 radical (unpaired) electrons. The average Bonchev–Trinajstić information content (AvgIpc) is 2.62. The second kappa shape index (κ2) is 3.59. The molecule has 0 unspecified atom stereocenters. The lowest BCUT2D eigenvalue weighted by molar-refractivity contribution is 0.268.